The summed E-state index contributed by atoms with van der Waals surface area (Å²) < 4.78 is 10.6. The van der Waals surface area contributed by atoms with Crippen LogP contribution in [-0.2, 0) is 20.9 Å². The van der Waals surface area contributed by atoms with Crippen LogP contribution in [0, 0.1) is 12.8 Å². The van der Waals surface area contributed by atoms with Crippen LogP contribution in [0.2, 0.25) is 5.02 Å². The van der Waals surface area contributed by atoms with Crippen molar-refractivity contribution in [3.05, 3.63) is 64.7 Å². The maximum absolute atomic E-state index is 12.8. The van der Waals surface area contributed by atoms with Gasteiger partial charge >= 0.3 is 12.1 Å². The van der Waals surface area contributed by atoms with Crippen molar-refractivity contribution in [3.63, 3.8) is 0 Å². The van der Waals surface area contributed by atoms with Crippen molar-refractivity contribution in [1.29, 1.82) is 0 Å². The molecule has 1 N–H and O–H groups in total. The standard InChI is InChI=1S/C26H30ClN3O5/c1-3-34-24(31)26(33)17-30(22-14-21(27)12-11-18(22)2)23(28-26)20-10-7-13-29(15-20)25(32)35-16-19-8-5-4-6-9-19/h4-6,8-9,11-12,14,20,33H,3,7,10,13,15-17H2,1-2H3. The number of esters is 1. The Kier molecular flexibility index (Phi) is 7.62. The third kappa shape index (κ3) is 5.60. The van der Waals surface area contributed by atoms with E-state index in [2.05, 4.69) is 4.99 Å². The largest absolute Gasteiger partial charge is 0.462 e. The fourth-order valence-electron chi connectivity index (χ4n) is 4.50. The molecule has 8 nitrogen and oxygen atoms in total. The lowest BCUT2D eigenvalue weighted by Gasteiger charge is -2.35. The van der Waals surface area contributed by atoms with E-state index < -0.39 is 17.8 Å². The maximum atomic E-state index is 12.8. The zero-order chi connectivity index (χ0) is 25.0. The van der Waals surface area contributed by atoms with Crippen LogP contribution in [0.5, 0.6) is 0 Å². The molecule has 0 spiro atoms. The number of ether oxygens (including phenoxy) is 2. The second kappa shape index (κ2) is 10.7. The Morgan fingerprint density at radius 2 is 1.97 bits per heavy atom. The van der Waals surface area contributed by atoms with Crippen LogP contribution < -0.4 is 4.90 Å². The minimum atomic E-state index is -2.03. The van der Waals surface area contributed by atoms with Gasteiger partial charge in [0.05, 0.1) is 13.2 Å². The summed E-state index contributed by atoms with van der Waals surface area (Å²) in [5, 5.41) is 11.7. The number of hydrogen-bond donors (Lipinski definition) is 1. The maximum Gasteiger partial charge on any atom is 0.410 e. The number of amidine groups is 1. The molecule has 2 aliphatic rings. The predicted molar refractivity (Wildman–Crippen MR) is 133 cm³/mol. The zero-order valence-corrected chi connectivity index (χ0v) is 20.7. The van der Waals surface area contributed by atoms with Gasteiger partial charge in [0.15, 0.2) is 0 Å². The number of rotatable bonds is 6. The van der Waals surface area contributed by atoms with E-state index in [1.165, 1.54) is 0 Å². The number of aryl methyl sites for hydroxylation is 1. The number of halogens is 1. The van der Waals surface area contributed by atoms with Crippen LogP contribution in [-0.4, -0.2) is 59.9 Å². The van der Waals surface area contributed by atoms with Gasteiger partial charge in [0.2, 0.25) is 0 Å². The number of aliphatic hydroxyl groups is 1. The first-order valence-electron chi connectivity index (χ1n) is 11.8. The van der Waals surface area contributed by atoms with E-state index in [4.69, 9.17) is 21.1 Å². The second-order valence-corrected chi connectivity index (χ2v) is 9.29. The number of carbonyl (C=O) groups excluding carboxylic acids is 2. The molecule has 2 aromatic rings. The Morgan fingerprint density at radius 3 is 2.71 bits per heavy atom. The third-order valence-corrected chi connectivity index (χ3v) is 6.50. The number of benzene rings is 2. The van der Waals surface area contributed by atoms with Gasteiger partial charge < -0.3 is 24.4 Å². The topological polar surface area (TPSA) is 91.7 Å². The average molecular weight is 500 g/mol. The molecule has 2 aliphatic heterocycles. The Labute approximate surface area is 210 Å². The Bertz CT molecular complexity index is 1110. The molecule has 0 saturated carbocycles. The fraction of sp³-hybridized carbons (Fsp3) is 0.423. The van der Waals surface area contributed by atoms with Crippen LogP contribution in [0.3, 0.4) is 0 Å². The SMILES string of the molecule is CCOC(=O)C1(O)CN(c2cc(Cl)ccc2C)C(C2CCCN(C(=O)OCc3ccccc3)C2)=N1. The highest BCUT2D eigenvalue weighted by atomic mass is 35.5. The summed E-state index contributed by atoms with van der Waals surface area (Å²) in [5.41, 5.74) is 0.554. The van der Waals surface area contributed by atoms with Gasteiger partial charge in [-0.25, -0.2) is 14.6 Å². The van der Waals surface area contributed by atoms with Gasteiger partial charge in [-0.2, -0.15) is 0 Å². The molecule has 0 aliphatic carbocycles. The summed E-state index contributed by atoms with van der Waals surface area (Å²) in [6.07, 6.45) is 1.09. The summed E-state index contributed by atoms with van der Waals surface area (Å²) in [5.74, 6) is -0.462. The van der Waals surface area contributed by atoms with Crippen LogP contribution >= 0.6 is 11.6 Å². The van der Waals surface area contributed by atoms with Crippen molar-refractivity contribution < 1.29 is 24.2 Å². The van der Waals surface area contributed by atoms with Gasteiger partial charge in [-0.05, 0) is 49.9 Å². The summed E-state index contributed by atoms with van der Waals surface area (Å²) in [4.78, 5) is 33.4. The lowest BCUT2D eigenvalue weighted by molar-refractivity contribution is -0.162. The van der Waals surface area contributed by atoms with E-state index >= 15 is 0 Å². The lowest BCUT2D eigenvalue weighted by atomic mass is 9.96. The summed E-state index contributed by atoms with van der Waals surface area (Å²) in [6, 6.07) is 15.0. The first kappa shape index (κ1) is 25.0. The molecule has 1 saturated heterocycles. The highest BCUT2D eigenvalue weighted by Crippen LogP contribution is 2.35. The third-order valence-electron chi connectivity index (χ3n) is 6.27. The molecule has 186 valence electrons. The monoisotopic (exact) mass is 499 g/mol. The highest BCUT2D eigenvalue weighted by Gasteiger charge is 2.48. The van der Waals surface area contributed by atoms with Crippen molar-refractivity contribution in [2.24, 2.45) is 10.9 Å². The number of nitrogens with zero attached hydrogens (tertiary/aromatic N) is 3. The molecule has 2 heterocycles. The first-order valence-corrected chi connectivity index (χ1v) is 12.2. The van der Waals surface area contributed by atoms with Crippen molar-refractivity contribution in [1.82, 2.24) is 4.90 Å². The number of β-amino-alcohol motifs (C(OH)–C–C–N with tert-alkyl or cyclic N) is 1. The fourth-order valence-corrected chi connectivity index (χ4v) is 4.67. The zero-order valence-electron chi connectivity index (χ0n) is 19.9. The minimum Gasteiger partial charge on any atom is -0.462 e. The van der Waals surface area contributed by atoms with E-state index in [-0.39, 0.29) is 25.7 Å². The average Bonchev–Trinajstić information content (AvgIpc) is 3.23. The number of aliphatic imine (C=N–C) groups is 1. The summed E-state index contributed by atoms with van der Waals surface area (Å²) in [7, 11) is 0. The quantitative estimate of drug-likeness (QED) is 0.600. The van der Waals surface area contributed by atoms with E-state index in [0.717, 1.165) is 29.7 Å². The molecule has 1 amide bonds. The molecule has 0 bridgehead atoms. The van der Waals surface area contributed by atoms with Crippen LogP contribution in [0.25, 0.3) is 0 Å². The number of hydrogen-bond acceptors (Lipinski definition) is 7. The van der Waals surface area contributed by atoms with E-state index in [0.29, 0.717) is 23.9 Å². The molecular formula is C26H30ClN3O5. The molecule has 4 rings (SSSR count). The predicted octanol–water partition coefficient (Wildman–Crippen LogP) is 4.17. The van der Waals surface area contributed by atoms with E-state index in [1.807, 2.05) is 48.2 Å². The number of likely N-dealkylation sites (tertiary alicyclic amines) is 1. The first-order chi connectivity index (χ1) is 16.8. The number of anilines is 1. The van der Waals surface area contributed by atoms with E-state index in [1.54, 1.807) is 24.0 Å². The smallest absolute Gasteiger partial charge is 0.410 e. The molecule has 1 fully saturated rings. The van der Waals surface area contributed by atoms with Gasteiger partial charge in [-0.3, -0.25) is 0 Å². The van der Waals surface area contributed by atoms with Crippen LogP contribution in [0.15, 0.2) is 53.5 Å². The van der Waals surface area contributed by atoms with Crippen molar-refractivity contribution in [2.75, 3.05) is 31.1 Å². The molecule has 2 unspecified atom stereocenters. The molecule has 0 aromatic heterocycles. The van der Waals surface area contributed by atoms with Crippen LogP contribution in [0.4, 0.5) is 10.5 Å². The van der Waals surface area contributed by atoms with E-state index in [9.17, 15) is 14.7 Å². The van der Waals surface area contributed by atoms with Gasteiger partial charge in [0.25, 0.3) is 5.72 Å². The van der Waals surface area contributed by atoms with Crippen molar-refractivity contribution >= 4 is 35.2 Å². The number of amides is 1. The van der Waals surface area contributed by atoms with Gasteiger partial charge in [0.1, 0.15) is 12.4 Å². The molecule has 2 atom stereocenters. The summed E-state index contributed by atoms with van der Waals surface area (Å²) in [6.45, 7) is 4.78. The Morgan fingerprint density at radius 1 is 1.20 bits per heavy atom. The number of piperidine rings is 1. The second-order valence-electron chi connectivity index (χ2n) is 8.85. The van der Waals surface area contributed by atoms with Crippen LogP contribution in [0.1, 0.15) is 30.9 Å². The number of carbonyl (C=O) groups is 2. The highest BCUT2D eigenvalue weighted by molar-refractivity contribution is 6.31. The Hall–Kier alpha value is -3.10. The molecule has 9 heteroatoms. The van der Waals surface area contributed by atoms with Gasteiger partial charge in [0, 0.05) is 29.7 Å². The molecular weight excluding hydrogens is 470 g/mol. The molecule has 0 radical (unpaired) electrons. The Balaban J connectivity index is 1.56. The summed E-state index contributed by atoms with van der Waals surface area (Å²) >= 11 is 6.27. The molecule has 35 heavy (non-hydrogen) atoms. The van der Waals surface area contributed by atoms with Gasteiger partial charge in [-0.1, -0.05) is 48.0 Å². The normalized spacial score (nSPS) is 22.1. The molecule has 2 aromatic carbocycles. The lowest BCUT2D eigenvalue weighted by Crippen LogP contribution is -2.47. The minimum absolute atomic E-state index is 0.0860. The van der Waals surface area contributed by atoms with Crippen molar-refractivity contribution in [3.8, 4) is 0 Å². The van der Waals surface area contributed by atoms with Crippen molar-refractivity contribution in [2.45, 2.75) is 39.0 Å². The van der Waals surface area contributed by atoms with Gasteiger partial charge in [-0.15, -0.1) is 0 Å².